The van der Waals surface area contributed by atoms with E-state index in [1.165, 1.54) is 0 Å². The van der Waals surface area contributed by atoms with Gasteiger partial charge in [0.2, 0.25) is 0 Å². The summed E-state index contributed by atoms with van der Waals surface area (Å²) in [7, 11) is 1.58. The van der Waals surface area contributed by atoms with E-state index in [0.29, 0.717) is 28.0 Å². The second-order valence-electron chi connectivity index (χ2n) is 3.86. The Labute approximate surface area is 125 Å². The molecule has 0 atom stereocenters. The van der Waals surface area contributed by atoms with Crippen molar-refractivity contribution in [3.8, 4) is 17.1 Å². The van der Waals surface area contributed by atoms with Crippen molar-refractivity contribution < 1.29 is 4.74 Å². The summed E-state index contributed by atoms with van der Waals surface area (Å²) in [6.45, 7) is 2.00. The Bertz CT molecular complexity index is 619. The third-order valence-electron chi connectivity index (χ3n) is 2.70. The molecule has 0 spiro atoms. The van der Waals surface area contributed by atoms with Gasteiger partial charge in [-0.2, -0.15) is 0 Å². The summed E-state index contributed by atoms with van der Waals surface area (Å²) < 4.78 is 6.03. The normalized spacial score (nSPS) is 10.5. The van der Waals surface area contributed by atoms with Crippen LogP contribution in [0.25, 0.3) is 11.4 Å². The van der Waals surface area contributed by atoms with Gasteiger partial charge in [0.05, 0.1) is 27.9 Å². The van der Waals surface area contributed by atoms with Crippen molar-refractivity contribution in [2.24, 2.45) is 0 Å². The maximum atomic E-state index is 6.22. The molecular formula is C13H13BrClN3O. The lowest BCUT2D eigenvalue weighted by molar-refractivity contribution is 0.416. The fourth-order valence-corrected chi connectivity index (χ4v) is 2.46. The van der Waals surface area contributed by atoms with Crippen molar-refractivity contribution in [2.75, 3.05) is 12.8 Å². The molecule has 1 aromatic heterocycles. The number of aromatic nitrogens is 2. The van der Waals surface area contributed by atoms with Gasteiger partial charge in [0.25, 0.3) is 0 Å². The van der Waals surface area contributed by atoms with Crippen molar-refractivity contribution in [2.45, 2.75) is 13.3 Å². The van der Waals surface area contributed by atoms with Gasteiger partial charge in [-0.25, -0.2) is 9.97 Å². The highest BCUT2D eigenvalue weighted by molar-refractivity contribution is 9.10. The maximum Gasteiger partial charge on any atom is 0.167 e. The van der Waals surface area contributed by atoms with Crippen LogP contribution in [0, 0.1) is 0 Å². The quantitative estimate of drug-likeness (QED) is 0.923. The smallest absolute Gasteiger partial charge is 0.167 e. The summed E-state index contributed by atoms with van der Waals surface area (Å²) in [5.74, 6) is 1.49. The van der Waals surface area contributed by atoms with Crippen molar-refractivity contribution in [1.29, 1.82) is 0 Å². The highest BCUT2D eigenvalue weighted by Gasteiger charge is 2.16. The van der Waals surface area contributed by atoms with Crippen LogP contribution >= 0.6 is 27.5 Å². The molecule has 19 heavy (non-hydrogen) atoms. The third kappa shape index (κ3) is 2.67. The van der Waals surface area contributed by atoms with Crippen molar-refractivity contribution >= 4 is 33.3 Å². The minimum Gasteiger partial charge on any atom is -0.496 e. The number of ether oxygens (including phenoxy) is 1. The molecule has 6 heteroatoms. The van der Waals surface area contributed by atoms with Crippen molar-refractivity contribution in [3.05, 3.63) is 33.4 Å². The molecule has 100 valence electrons. The molecule has 4 nitrogen and oxygen atoms in total. The van der Waals surface area contributed by atoms with Crippen LogP contribution in [0.3, 0.4) is 0 Å². The molecule has 1 heterocycles. The molecule has 0 unspecified atom stereocenters. The lowest BCUT2D eigenvalue weighted by Crippen LogP contribution is -2.03. The predicted molar refractivity (Wildman–Crippen MR) is 80.5 cm³/mol. The summed E-state index contributed by atoms with van der Waals surface area (Å²) >= 11 is 9.60. The number of benzene rings is 1. The van der Waals surface area contributed by atoms with Crippen LogP contribution < -0.4 is 10.5 Å². The van der Waals surface area contributed by atoms with Gasteiger partial charge in [-0.05, 0) is 34.5 Å². The van der Waals surface area contributed by atoms with Gasteiger partial charge in [-0.3, -0.25) is 0 Å². The molecule has 0 amide bonds. The number of nitrogens with zero attached hydrogens (tertiary/aromatic N) is 2. The number of nitrogen functional groups attached to an aromatic ring is 1. The topological polar surface area (TPSA) is 61.0 Å². The van der Waals surface area contributed by atoms with Gasteiger partial charge in [0.1, 0.15) is 11.6 Å². The van der Waals surface area contributed by atoms with Crippen LogP contribution in [-0.4, -0.2) is 17.1 Å². The first-order valence-corrected chi connectivity index (χ1v) is 6.90. The van der Waals surface area contributed by atoms with E-state index in [1.54, 1.807) is 13.2 Å². The van der Waals surface area contributed by atoms with Gasteiger partial charge in [-0.1, -0.05) is 24.6 Å². The van der Waals surface area contributed by atoms with Gasteiger partial charge < -0.3 is 10.5 Å². The average molecular weight is 343 g/mol. The SMILES string of the molecule is CCc1nc(-c2c(Cl)cccc2OC)nc(N)c1Br. The molecule has 2 rings (SSSR count). The molecule has 0 aliphatic heterocycles. The third-order valence-corrected chi connectivity index (χ3v) is 3.88. The predicted octanol–water partition coefficient (Wildman–Crippen LogP) is 3.71. The molecule has 0 aliphatic carbocycles. The van der Waals surface area contributed by atoms with E-state index in [9.17, 15) is 0 Å². The average Bonchev–Trinajstić information content (AvgIpc) is 2.41. The molecule has 0 aliphatic rings. The Balaban J connectivity index is 2.69. The zero-order chi connectivity index (χ0) is 14.0. The Morgan fingerprint density at radius 1 is 1.37 bits per heavy atom. The van der Waals surface area contributed by atoms with E-state index in [4.69, 9.17) is 22.1 Å². The number of anilines is 1. The molecule has 2 N–H and O–H groups in total. The summed E-state index contributed by atoms with van der Waals surface area (Å²) in [5.41, 5.74) is 7.38. The van der Waals surface area contributed by atoms with E-state index in [0.717, 1.165) is 16.6 Å². The Morgan fingerprint density at radius 2 is 2.11 bits per heavy atom. The number of aryl methyl sites for hydroxylation is 1. The summed E-state index contributed by atoms with van der Waals surface area (Å²) in [5, 5.41) is 0.531. The molecule has 0 radical (unpaired) electrons. The number of nitrogens with two attached hydrogens (primary N) is 1. The Kier molecular flexibility index (Phi) is 4.27. The minimum atomic E-state index is 0.392. The summed E-state index contributed by atoms with van der Waals surface area (Å²) in [6, 6.07) is 5.40. The van der Waals surface area contributed by atoms with Crippen molar-refractivity contribution in [1.82, 2.24) is 9.97 Å². The number of hydrogen-bond donors (Lipinski definition) is 1. The highest BCUT2D eigenvalue weighted by Crippen LogP contribution is 2.36. The fourth-order valence-electron chi connectivity index (χ4n) is 1.75. The summed E-state index contributed by atoms with van der Waals surface area (Å²) in [4.78, 5) is 8.77. The van der Waals surface area contributed by atoms with E-state index in [-0.39, 0.29) is 0 Å². The number of halogens is 2. The second-order valence-corrected chi connectivity index (χ2v) is 5.06. The first-order valence-electron chi connectivity index (χ1n) is 5.73. The highest BCUT2D eigenvalue weighted by atomic mass is 79.9. The molecule has 1 aromatic carbocycles. The zero-order valence-corrected chi connectivity index (χ0v) is 12.9. The van der Waals surface area contributed by atoms with E-state index >= 15 is 0 Å². The second kappa shape index (κ2) is 5.75. The van der Waals surface area contributed by atoms with Crippen LogP contribution in [0.1, 0.15) is 12.6 Å². The Morgan fingerprint density at radius 3 is 2.74 bits per heavy atom. The van der Waals surface area contributed by atoms with E-state index < -0.39 is 0 Å². The van der Waals surface area contributed by atoms with Crippen LogP contribution in [0.2, 0.25) is 5.02 Å². The van der Waals surface area contributed by atoms with Gasteiger partial charge >= 0.3 is 0 Å². The number of methoxy groups -OCH3 is 1. The maximum absolute atomic E-state index is 6.22. The van der Waals surface area contributed by atoms with Gasteiger partial charge in [0, 0.05) is 0 Å². The molecule has 0 bridgehead atoms. The fraction of sp³-hybridized carbons (Fsp3) is 0.231. The minimum absolute atomic E-state index is 0.392. The van der Waals surface area contributed by atoms with Crippen LogP contribution in [0.15, 0.2) is 22.7 Å². The Hall–Kier alpha value is -1.33. The first kappa shape index (κ1) is 14.1. The largest absolute Gasteiger partial charge is 0.496 e. The van der Waals surface area contributed by atoms with Crippen LogP contribution in [0.4, 0.5) is 5.82 Å². The molecule has 0 saturated heterocycles. The molecule has 0 fully saturated rings. The molecular weight excluding hydrogens is 330 g/mol. The van der Waals surface area contributed by atoms with Gasteiger partial charge in [0.15, 0.2) is 5.82 Å². The van der Waals surface area contributed by atoms with E-state index in [1.807, 2.05) is 19.1 Å². The van der Waals surface area contributed by atoms with E-state index in [2.05, 4.69) is 25.9 Å². The van der Waals surface area contributed by atoms with Crippen LogP contribution in [-0.2, 0) is 6.42 Å². The lowest BCUT2D eigenvalue weighted by atomic mass is 10.1. The standard InChI is InChI=1S/C13H13BrClN3O/c1-3-8-11(14)12(16)18-13(17-8)10-7(15)5-4-6-9(10)19-2/h4-6H,3H2,1-2H3,(H2,16,17,18). The van der Waals surface area contributed by atoms with Crippen LogP contribution in [0.5, 0.6) is 5.75 Å². The van der Waals surface area contributed by atoms with Crippen molar-refractivity contribution in [3.63, 3.8) is 0 Å². The first-order chi connectivity index (χ1) is 9.08. The number of hydrogen-bond acceptors (Lipinski definition) is 4. The molecule has 0 saturated carbocycles. The monoisotopic (exact) mass is 341 g/mol. The summed E-state index contributed by atoms with van der Waals surface area (Å²) in [6.07, 6.45) is 0.743. The lowest BCUT2D eigenvalue weighted by Gasteiger charge is -2.12. The zero-order valence-electron chi connectivity index (χ0n) is 10.6. The molecule has 2 aromatic rings. The number of rotatable bonds is 3. The van der Waals surface area contributed by atoms with Gasteiger partial charge in [-0.15, -0.1) is 0 Å².